The molecule has 17 heteroatoms. The average Bonchev–Trinajstić information content (AvgIpc) is 3.88. The molecule has 6 N–H and O–H groups in total. The Morgan fingerprint density at radius 1 is 0.791 bits per heavy atom. The largest absolute Gasteiger partial charge is 0.481 e. The number of hydrogen-bond donors (Lipinski definition) is 5. The van der Waals surface area contributed by atoms with Crippen LogP contribution in [0.25, 0.3) is 39.3 Å². The number of hydrogen-bond acceptors (Lipinski definition) is 7. The molecule has 0 radical (unpaired) electrons. The zero-order valence-corrected chi connectivity index (χ0v) is 37.5. The minimum atomic E-state index is -4.61. The SMILES string of the molecule is CC(C)c1c(C(=O)Nc2ccccc2)c(-c2ccccc2)c(-c2ccc(F)cc2)n1CC[C@@H](O)C[C@@H](O)CC(=O)O.Cc1ccc(-c2cc(C(F)(F)F)nn2-c2ccc(S(N)(=O)=O)cc2)cc1. The number of carboxylic acids is 1. The van der Waals surface area contributed by atoms with Crippen LogP contribution in [0.2, 0.25) is 0 Å². The lowest BCUT2D eigenvalue weighted by Gasteiger charge is -2.20. The zero-order chi connectivity index (χ0) is 48.6. The van der Waals surface area contributed by atoms with Gasteiger partial charge in [0, 0.05) is 29.1 Å². The topological polar surface area (TPSA) is 190 Å². The van der Waals surface area contributed by atoms with Crippen molar-refractivity contribution in [2.24, 2.45) is 5.14 Å². The summed E-state index contributed by atoms with van der Waals surface area (Å²) in [4.78, 5) is 24.9. The van der Waals surface area contributed by atoms with Crippen molar-refractivity contribution in [3.05, 3.63) is 168 Å². The van der Waals surface area contributed by atoms with E-state index in [1.54, 1.807) is 36.4 Å². The van der Waals surface area contributed by atoms with Crippen LogP contribution in [0, 0.1) is 12.7 Å². The fourth-order valence-corrected chi connectivity index (χ4v) is 8.14. The van der Waals surface area contributed by atoms with Crippen LogP contribution in [-0.4, -0.2) is 62.2 Å². The number of nitrogens with two attached hydrogens (primary N) is 1. The van der Waals surface area contributed by atoms with Crippen molar-refractivity contribution in [1.29, 1.82) is 0 Å². The van der Waals surface area contributed by atoms with Crippen LogP contribution in [0.1, 0.15) is 66.3 Å². The van der Waals surface area contributed by atoms with Crippen molar-refractivity contribution in [2.45, 2.75) is 75.8 Å². The number of rotatable bonds is 15. The molecule has 0 aliphatic heterocycles. The van der Waals surface area contributed by atoms with E-state index in [1.807, 2.05) is 86.0 Å². The summed E-state index contributed by atoms with van der Waals surface area (Å²) >= 11 is 0. The van der Waals surface area contributed by atoms with Gasteiger partial charge in [-0.1, -0.05) is 92.2 Å². The molecule has 1 amide bonds. The molecule has 2 aromatic heterocycles. The molecule has 5 aromatic carbocycles. The van der Waals surface area contributed by atoms with Crippen LogP contribution >= 0.6 is 0 Å². The molecule has 0 saturated carbocycles. The molecule has 0 unspecified atom stereocenters. The normalized spacial score (nSPS) is 12.6. The molecule has 12 nitrogen and oxygen atoms in total. The Balaban J connectivity index is 0.000000244. The van der Waals surface area contributed by atoms with Crippen molar-refractivity contribution >= 4 is 27.6 Å². The molecule has 7 aromatic rings. The van der Waals surface area contributed by atoms with Gasteiger partial charge in [-0.05, 0) is 104 Å². The summed E-state index contributed by atoms with van der Waals surface area (Å²) in [6, 6.07) is 37.8. The van der Waals surface area contributed by atoms with Crippen LogP contribution in [0.3, 0.4) is 0 Å². The van der Waals surface area contributed by atoms with E-state index >= 15 is 0 Å². The van der Waals surface area contributed by atoms with E-state index < -0.39 is 46.5 Å². The first kappa shape index (κ1) is 49.5. The van der Waals surface area contributed by atoms with E-state index in [2.05, 4.69) is 10.4 Å². The predicted octanol–water partition coefficient (Wildman–Crippen LogP) is 9.83. The second-order valence-electron chi connectivity index (χ2n) is 16.1. The maximum absolute atomic E-state index is 14.0. The summed E-state index contributed by atoms with van der Waals surface area (Å²) < 4.78 is 79.2. The van der Waals surface area contributed by atoms with E-state index in [0.29, 0.717) is 33.6 Å². The van der Waals surface area contributed by atoms with Crippen molar-refractivity contribution in [1.82, 2.24) is 14.3 Å². The molecular weight excluding hydrogens is 891 g/mol. The minimum absolute atomic E-state index is 0.0939. The number of carboxylic acid groups (broad SMARTS) is 1. The van der Waals surface area contributed by atoms with E-state index in [1.165, 1.54) is 36.4 Å². The monoisotopic (exact) mass is 939 g/mol. The lowest BCUT2D eigenvalue weighted by Crippen LogP contribution is -2.22. The number of aliphatic hydroxyl groups is 2. The maximum atomic E-state index is 14.0. The number of aromatic nitrogens is 3. The number of nitrogens with one attached hydrogen (secondary N) is 1. The third-order valence-corrected chi connectivity index (χ3v) is 11.6. The first-order valence-corrected chi connectivity index (χ1v) is 22.7. The Morgan fingerprint density at radius 2 is 1.37 bits per heavy atom. The number of aliphatic hydroxyl groups excluding tert-OH is 2. The van der Waals surface area contributed by atoms with Crippen LogP contribution < -0.4 is 10.5 Å². The summed E-state index contributed by atoms with van der Waals surface area (Å²) in [6.07, 6.45) is -7.11. The van der Waals surface area contributed by atoms with Gasteiger partial charge in [0.1, 0.15) is 5.82 Å². The van der Waals surface area contributed by atoms with Gasteiger partial charge in [-0.3, -0.25) is 9.59 Å². The number of sulfonamides is 1. The molecule has 0 spiro atoms. The fraction of sp³-hybridized carbons (Fsp3) is 0.220. The number of primary sulfonamides is 1. The number of halogens is 4. The number of carbonyl (C=O) groups excluding carboxylic acids is 1. The van der Waals surface area contributed by atoms with Crippen LogP contribution in [0.15, 0.2) is 144 Å². The van der Waals surface area contributed by atoms with E-state index in [-0.39, 0.29) is 53.3 Å². The summed E-state index contributed by atoms with van der Waals surface area (Å²) in [5, 5.41) is 41.5. The summed E-state index contributed by atoms with van der Waals surface area (Å²) in [5.41, 5.74) is 5.77. The van der Waals surface area contributed by atoms with Crippen molar-refractivity contribution in [3.8, 4) is 39.3 Å². The highest BCUT2D eigenvalue weighted by molar-refractivity contribution is 7.89. The Bertz CT molecular complexity index is 2900. The van der Waals surface area contributed by atoms with Gasteiger partial charge in [-0.25, -0.2) is 22.6 Å². The number of carbonyl (C=O) groups is 2. The van der Waals surface area contributed by atoms with Gasteiger partial charge in [-0.15, -0.1) is 0 Å². The van der Waals surface area contributed by atoms with E-state index in [0.717, 1.165) is 27.6 Å². The second kappa shape index (κ2) is 21.1. The zero-order valence-electron chi connectivity index (χ0n) is 36.7. The second-order valence-corrected chi connectivity index (χ2v) is 17.7. The lowest BCUT2D eigenvalue weighted by molar-refractivity contribution is -0.141. The van der Waals surface area contributed by atoms with Gasteiger partial charge < -0.3 is 25.2 Å². The average molecular weight is 940 g/mol. The molecule has 2 atom stereocenters. The highest BCUT2D eigenvalue weighted by Gasteiger charge is 2.35. The molecule has 0 fully saturated rings. The molecule has 0 aliphatic rings. The van der Waals surface area contributed by atoms with Crippen LogP contribution in [-0.2, 0) is 27.5 Å². The highest BCUT2D eigenvalue weighted by atomic mass is 32.2. The lowest BCUT2D eigenvalue weighted by atomic mass is 9.94. The Kier molecular flexibility index (Phi) is 15.6. The summed E-state index contributed by atoms with van der Waals surface area (Å²) in [7, 11) is -3.90. The molecule has 7 rings (SSSR count). The van der Waals surface area contributed by atoms with E-state index in [4.69, 9.17) is 10.2 Å². The standard InChI is InChI=1S/C33H35FN2O5.C17H14F3N3O2S/c1-21(2)31-30(33(41)35-25-11-7-4-8-12-25)29(22-9-5-3-6-10-22)32(23-13-15-24(34)16-14-23)36(31)18-17-26(37)19-27(38)20-28(39)40;1-11-2-4-12(5-3-11)15-10-16(17(18,19)20)22-23(15)13-6-8-14(9-7-13)26(21,24)25/h3-16,21,26-27,37-38H,17-20H2,1-2H3,(H,35,41)(H,39,40);2-10H,1H3,(H2,21,24,25)/t26-,27-;/m1./s1. The molecule has 2 heterocycles. The Labute approximate surface area is 385 Å². The molecular formula is C50H49F4N5O7S. The van der Waals surface area contributed by atoms with Crippen molar-refractivity contribution in [2.75, 3.05) is 5.32 Å². The van der Waals surface area contributed by atoms with E-state index in [9.17, 15) is 45.8 Å². The molecule has 350 valence electrons. The van der Waals surface area contributed by atoms with Gasteiger partial charge >= 0.3 is 12.1 Å². The Hall–Kier alpha value is -6.92. The van der Waals surface area contributed by atoms with Gasteiger partial charge in [0.25, 0.3) is 5.91 Å². The first-order valence-electron chi connectivity index (χ1n) is 21.1. The number of benzene rings is 5. The van der Waals surface area contributed by atoms with Crippen LogP contribution in [0.4, 0.5) is 23.2 Å². The number of alkyl halides is 3. The summed E-state index contributed by atoms with van der Waals surface area (Å²) in [6.45, 7) is 6.12. The maximum Gasteiger partial charge on any atom is 0.435 e. The molecule has 67 heavy (non-hydrogen) atoms. The minimum Gasteiger partial charge on any atom is -0.481 e. The number of aliphatic carboxylic acids is 1. The quantitative estimate of drug-likeness (QED) is 0.0628. The number of aryl methyl sites for hydroxylation is 1. The third kappa shape index (κ3) is 12.5. The number of nitrogens with zero attached hydrogens (tertiary/aromatic N) is 3. The van der Waals surface area contributed by atoms with Gasteiger partial charge in [0.15, 0.2) is 5.69 Å². The van der Waals surface area contributed by atoms with Crippen LogP contribution in [0.5, 0.6) is 0 Å². The number of anilines is 1. The number of para-hydroxylation sites is 1. The van der Waals surface area contributed by atoms with Gasteiger partial charge in [-0.2, -0.15) is 18.3 Å². The molecule has 0 aliphatic carbocycles. The first-order chi connectivity index (χ1) is 31.7. The van der Waals surface area contributed by atoms with Gasteiger partial charge in [0.2, 0.25) is 10.0 Å². The fourth-order valence-electron chi connectivity index (χ4n) is 7.63. The highest BCUT2D eigenvalue weighted by Crippen LogP contribution is 2.43. The number of amides is 1. The third-order valence-electron chi connectivity index (χ3n) is 10.7. The smallest absolute Gasteiger partial charge is 0.435 e. The van der Waals surface area contributed by atoms with Crippen molar-refractivity contribution < 1.29 is 50.9 Å². The Morgan fingerprint density at radius 3 is 1.93 bits per heavy atom. The van der Waals surface area contributed by atoms with Gasteiger partial charge in [0.05, 0.1) is 46.2 Å². The molecule has 0 bridgehead atoms. The predicted molar refractivity (Wildman–Crippen MR) is 247 cm³/mol. The van der Waals surface area contributed by atoms with Crippen molar-refractivity contribution in [3.63, 3.8) is 0 Å². The summed E-state index contributed by atoms with van der Waals surface area (Å²) in [5.74, 6) is -1.93. The molecule has 0 saturated heterocycles.